The molecule has 1 fully saturated rings. The third kappa shape index (κ3) is 5.64. The topological polar surface area (TPSA) is 114 Å². The molecule has 1 aliphatic rings. The highest BCUT2D eigenvalue weighted by Gasteiger charge is 2.27. The molecular weight excluding hydrogens is 454 g/mol. The van der Waals surface area contributed by atoms with E-state index in [4.69, 9.17) is 4.74 Å². The Kier molecular flexibility index (Phi) is 6.74. The minimum Gasteiger partial charge on any atom is -0.447 e. The number of fused-ring (bicyclic) bond motifs is 1. The van der Waals surface area contributed by atoms with Crippen LogP contribution in [0.5, 0.6) is 0 Å². The van der Waals surface area contributed by atoms with Crippen molar-refractivity contribution >= 4 is 34.0 Å². The second-order valence-electron chi connectivity index (χ2n) is 9.71. The molecule has 0 saturated carbocycles. The van der Waals surface area contributed by atoms with Crippen molar-refractivity contribution < 1.29 is 14.3 Å². The number of nitrogens with one attached hydrogen (secondary N) is 2. The molecule has 0 bridgehead atoms. The van der Waals surface area contributed by atoms with Gasteiger partial charge in [0.1, 0.15) is 16.3 Å². The van der Waals surface area contributed by atoms with Crippen LogP contribution in [-0.2, 0) is 4.74 Å². The van der Waals surface area contributed by atoms with E-state index >= 15 is 0 Å². The molecule has 4 rings (SSSR count). The zero-order valence-electron chi connectivity index (χ0n) is 20.2. The molecule has 0 aliphatic carbocycles. The van der Waals surface area contributed by atoms with Gasteiger partial charge in [-0.15, -0.1) is 11.3 Å². The molecule has 10 nitrogen and oxygen atoms in total. The molecule has 0 atom stereocenters. The molecule has 0 spiro atoms. The number of ether oxygens (including phenoxy) is 1. The Balaban J connectivity index is 1.54. The Labute approximate surface area is 202 Å². The molecule has 1 aliphatic heterocycles. The van der Waals surface area contributed by atoms with E-state index in [9.17, 15) is 9.59 Å². The van der Waals surface area contributed by atoms with Gasteiger partial charge >= 0.3 is 6.09 Å². The quantitative estimate of drug-likeness (QED) is 0.565. The molecule has 0 unspecified atom stereocenters. The number of nitrogens with zero attached hydrogens (tertiary/aromatic N) is 5. The van der Waals surface area contributed by atoms with Crippen LogP contribution in [0.2, 0.25) is 0 Å². The van der Waals surface area contributed by atoms with E-state index in [-0.39, 0.29) is 23.6 Å². The molecule has 34 heavy (non-hydrogen) atoms. The van der Waals surface area contributed by atoms with Crippen molar-refractivity contribution in [1.82, 2.24) is 29.8 Å². The number of hydrogen-bond acceptors (Lipinski definition) is 8. The summed E-state index contributed by atoms with van der Waals surface area (Å²) in [7, 11) is 0. The van der Waals surface area contributed by atoms with Gasteiger partial charge in [-0.2, -0.15) is 5.10 Å². The van der Waals surface area contributed by atoms with E-state index in [1.54, 1.807) is 33.0 Å². The predicted octanol–water partition coefficient (Wildman–Crippen LogP) is 3.80. The van der Waals surface area contributed by atoms with Gasteiger partial charge in [0.15, 0.2) is 5.82 Å². The highest BCUT2D eigenvalue weighted by Crippen LogP contribution is 2.27. The Morgan fingerprint density at radius 3 is 2.62 bits per heavy atom. The Morgan fingerprint density at radius 2 is 1.94 bits per heavy atom. The molecule has 3 aromatic rings. The van der Waals surface area contributed by atoms with Crippen molar-refractivity contribution in [2.75, 3.05) is 18.4 Å². The lowest BCUT2D eigenvalue weighted by Gasteiger charge is -2.32. The standard InChI is InChI=1S/C23H31N7O3S/c1-14(2)33-22(32)25-15-6-8-29(9-7-15)20(31)17-12-18(28-23(3,4)5)27-19(26-17)16-13-24-30-10-11-34-21(16)30/h10-15H,6-9H2,1-5H3,(H,25,32)(H,26,27,28). The monoisotopic (exact) mass is 485 g/mol. The summed E-state index contributed by atoms with van der Waals surface area (Å²) in [6, 6.07) is 1.69. The Hall–Kier alpha value is -3.21. The van der Waals surface area contributed by atoms with Gasteiger partial charge in [0.05, 0.1) is 17.9 Å². The smallest absolute Gasteiger partial charge is 0.407 e. The Morgan fingerprint density at radius 1 is 1.21 bits per heavy atom. The highest BCUT2D eigenvalue weighted by molar-refractivity contribution is 7.16. The molecule has 2 amide bonds. The summed E-state index contributed by atoms with van der Waals surface area (Å²) in [6.07, 6.45) is 4.33. The first kappa shape index (κ1) is 23.9. The van der Waals surface area contributed by atoms with Crippen LogP contribution in [0.15, 0.2) is 23.8 Å². The number of hydrogen-bond donors (Lipinski definition) is 2. The lowest BCUT2D eigenvalue weighted by Crippen LogP contribution is -2.47. The first-order valence-electron chi connectivity index (χ1n) is 11.4. The molecule has 3 aromatic heterocycles. The van der Waals surface area contributed by atoms with E-state index in [0.29, 0.717) is 43.3 Å². The second kappa shape index (κ2) is 9.57. The normalized spacial score (nSPS) is 15.1. The van der Waals surface area contributed by atoms with Gasteiger partial charge in [0.2, 0.25) is 0 Å². The zero-order chi connectivity index (χ0) is 24.5. The molecule has 0 radical (unpaired) electrons. The van der Waals surface area contributed by atoms with Gasteiger partial charge in [-0.1, -0.05) is 0 Å². The number of thiazole rings is 1. The van der Waals surface area contributed by atoms with Crippen LogP contribution in [0.3, 0.4) is 0 Å². The van der Waals surface area contributed by atoms with E-state index in [1.807, 2.05) is 46.2 Å². The predicted molar refractivity (Wildman–Crippen MR) is 131 cm³/mol. The maximum Gasteiger partial charge on any atom is 0.407 e. The molecule has 1 saturated heterocycles. The van der Waals surface area contributed by atoms with Crippen LogP contribution in [-0.4, -0.2) is 67.3 Å². The molecule has 11 heteroatoms. The van der Waals surface area contributed by atoms with Crippen molar-refractivity contribution in [3.63, 3.8) is 0 Å². The minimum absolute atomic E-state index is 0.0195. The van der Waals surface area contributed by atoms with Gasteiger partial charge in [-0.3, -0.25) is 4.79 Å². The van der Waals surface area contributed by atoms with Gasteiger partial charge in [-0.25, -0.2) is 19.3 Å². The maximum atomic E-state index is 13.4. The highest BCUT2D eigenvalue weighted by atomic mass is 32.1. The number of amides is 2. The first-order chi connectivity index (χ1) is 16.1. The number of anilines is 1. The summed E-state index contributed by atoms with van der Waals surface area (Å²) in [5.74, 6) is 0.895. The van der Waals surface area contributed by atoms with E-state index in [2.05, 4.69) is 25.7 Å². The molecule has 4 heterocycles. The first-order valence-corrected chi connectivity index (χ1v) is 12.3. The summed E-state index contributed by atoms with van der Waals surface area (Å²) in [5, 5.41) is 12.6. The largest absolute Gasteiger partial charge is 0.447 e. The third-order valence-corrected chi connectivity index (χ3v) is 6.16. The van der Waals surface area contributed by atoms with Crippen molar-refractivity contribution in [2.45, 2.75) is 65.1 Å². The van der Waals surface area contributed by atoms with Crippen molar-refractivity contribution in [3.05, 3.63) is 29.5 Å². The molecule has 182 valence electrons. The van der Waals surface area contributed by atoms with Crippen LogP contribution in [0.25, 0.3) is 16.2 Å². The van der Waals surface area contributed by atoms with Gasteiger partial charge in [0.25, 0.3) is 5.91 Å². The SMILES string of the molecule is CC(C)OC(=O)NC1CCN(C(=O)c2cc(NC(C)(C)C)nc(-c3cnn4ccsc34)n2)CC1. The fourth-order valence-corrected chi connectivity index (χ4v) is 4.60. The van der Waals surface area contributed by atoms with Crippen LogP contribution in [0.1, 0.15) is 57.9 Å². The van der Waals surface area contributed by atoms with Crippen LogP contribution < -0.4 is 10.6 Å². The lowest BCUT2D eigenvalue weighted by atomic mass is 10.0. The fraction of sp³-hybridized carbons (Fsp3) is 0.522. The van der Waals surface area contributed by atoms with Crippen LogP contribution in [0, 0.1) is 0 Å². The van der Waals surface area contributed by atoms with Crippen molar-refractivity contribution in [1.29, 1.82) is 0 Å². The summed E-state index contributed by atoms with van der Waals surface area (Å²) in [6.45, 7) is 10.8. The number of piperidine rings is 1. The molecular formula is C23H31N7O3S. The maximum absolute atomic E-state index is 13.4. The summed E-state index contributed by atoms with van der Waals surface area (Å²) in [4.78, 5) is 37.3. The van der Waals surface area contributed by atoms with Gasteiger partial charge < -0.3 is 20.3 Å². The molecule has 0 aromatic carbocycles. The zero-order valence-corrected chi connectivity index (χ0v) is 21.0. The number of likely N-dealkylation sites (tertiary alicyclic amines) is 1. The third-order valence-electron chi connectivity index (χ3n) is 5.27. The number of rotatable bonds is 5. The summed E-state index contributed by atoms with van der Waals surface area (Å²) >= 11 is 1.55. The van der Waals surface area contributed by atoms with E-state index in [1.165, 1.54) is 0 Å². The minimum atomic E-state index is -0.417. The van der Waals surface area contributed by atoms with Crippen LogP contribution in [0.4, 0.5) is 10.6 Å². The van der Waals surface area contributed by atoms with Crippen molar-refractivity contribution in [2.24, 2.45) is 0 Å². The number of carbonyl (C=O) groups is 2. The number of aromatic nitrogens is 4. The van der Waals surface area contributed by atoms with Crippen LogP contribution >= 0.6 is 11.3 Å². The van der Waals surface area contributed by atoms with Gasteiger partial charge in [-0.05, 0) is 47.5 Å². The summed E-state index contributed by atoms with van der Waals surface area (Å²) in [5.41, 5.74) is 0.879. The van der Waals surface area contributed by atoms with Gasteiger partial charge in [0, 0.05) is 42.3 Å². The average molecular weight is 486 g/mol. The summed E-state index contributed by atoms with van der Waals surface area (Å²) < 4.78 is 6.94. The Bertz CT molecular complexity index is 1170. The second-order valence-corrected chi connectivity index (χ2v) is 10.6. The molecule has 2 N–H and O–H groups in total. The average Bonchev–Trinajstić information content (AvgIpc) is 3.35. The van der Waals surface area contributed by atoms with E-state index < -0.39 is 6.09 Å². The fourth-order valence-electron chi connectivity index (χ4n) is 3.81. The number of carbonyl (C=O) groups excluding carboxylic acids is 2. The number of alkyl carbamates (subject to hydrolysis) is 1. The van der Waals surface area contributed by atoms with Crippen molar-refractivity contribution in [3.8, 4) is 11.4 Å². The lowest BCUT2D eigenvalue weighted by molar-refractivity contribution is 0.0690. The van der Waals surface area contributed by atoms with E-state index in [0.717, 1.165) is 10.4 Å².